The van der Waals surface area contributed by atoms with E-state index >= 15 is 0 Å². The molecule has 0 radical (unpaired) electrons. The van der Waals surface area contributed by atoms with Crippen molar-refractivity contribution in [2.45, 2.75) is 40.2 Å². The molecule has 2 rings (SSSR count). The Bertz CT molecular complexity index is 413. The van der Waals surface area contributed by atoms with Gasteiger partial charge in [-0.2, -0.15) is 0 Å². The third-order valence-electron chi connectivity index (χ3n) is 4.07. The third-order valence-corrected chi connectivity index (χ3v) is 5.31. The molecule has 1 aliphatic heterocycles. The highest BCUT2D eigenvalue weighted by Crippen LogP contribution is 2.32. The molecule has 0 spiro atoms. The highest BCUT2D eigenvalue weighted by atomic mass is 35.5. The van der Waals surface area contributed by atoms with Crippen LogP contribution in [0, 0.1) is 19.3 Å². The van der Waals surface area contributed by atoms with Gasteiger partial charge in [-0.1, -0.05) is 6.92 Å². The average molecular weight is 304 g/mol. The van der Waals surface area contributed by atoms with Crippen LogP contribution < -0.4 is 5.32 Å². The van der Waals surface area contributed by atoms with Crippen LogP contribution in [0.1, 0.15) is 41.9 Å². The zero-order valence-electron chi connectivity index (χ0n) is 12.6. The van der Waals surface area contributed by atoms with E-state index < -0.39 is 0 Å². The smallest absolute Gasteiger partial charge is 0.0900 e. The van der Waals surface area contributed by atoms with E-state index in [1.165, 1.54) is 22.0 Å². The first-order valence-electron chi connectivity index (χ1n) is 6.76. The molecule has 19 heavy (non-hydrogen) atoms. The Morgan fingerprint density at radius 1 is 1.47 bits per heavy atom. The minimum absolute atomic E-state index is 0. The van der Waals surface area contributed by atoms with Crippen molar-refractivity contribution in [3.8, 4) is 0 Å². The van der Waals surface area contributed by atoms with Gasteiger partial charge in [0.1, 0.15) is 0 Å². The zero-order valence-corrected chi connectivity index (χ0v) is 14.2. The van der Waals surface area contributed by atoms with Crippen molar-refractivity contribution in [1.82, 2.24) is 15.2 Å². The van der Waals surface area contributed by atoms with Crippen molar-refractivity contribution in [1.29, 1.82) is 0 Å². The number of thiazole rings is 1. The molecule has 2 atom stereocenters. The average Bonchev–Trinajstić information content (AvgIpc) is 2.84. The molecular weight excluding hydrogens is 278 g/mol. The topological polar surface area (TPSA) is 28.2 Å². The fourth-order valence-electron chi connectivity index (χ4n) is 2.88. The standard InChI is InChI=1S/C14H25N3S.ClH/c1-10-13(18-12(3)16-10)11(2)17(5)9-14(4)6-7-15-8-14;/h11,15H,6-9H2,1-5H3;1H. The lowest BCUT2D eigenvalue weighted by Gasteiger charge is -2.33. The fourth-order valence-corrected chi connectivity index (χ4v) is 3.92. The maximum absolute atomic E-state index is 4.54. The van der Waals surface area contributed by atoms with Gasteiger partial charge in [0.05, 0.1) is 10.7 Å². The molecule has 2 heterocycles. The number of aryl methyl sites for hydroxylation is 2. The van der Waals surface area contributed by atoms with E-state index in [1.807, 2.05) is 11.3 Å². The summed E-state index contributed by atoms with van der Waals surface area (Å²) in [5.74, 6) is 0. The first-order valence-corrected chi connectivity index (χ1v) is 7.58. The second kappa shape index (κ2) is 6.53. The predicted octanol–water partition coefficient (Wildman–Crippen LogP) is 3.17. The first kappa shape index (κ1) is 16.9. The van der Waals surface area contributed by atoms with Crippen molar-refractivity contribution in [2.24, 2.45) is 5.41 Å². The SMILES string of the molecule is Cc1nc(C)c(C(C)N(C)CC2(C)CCNC2)s1.Cl. The Labute approximate surface area is 127 Å². The lowest BCUT2D eigenvalue weighted by Crippen LogP contribution is -2.36. The van der Waals surface area contributed by atoms with Gasteiger partial charge in [0, 0.05) is 24.0 Å². The van der Waals surface area contributed by atoms with E-state index in [4.69, 9.17) is 0 Å². The van der Waals surface area contributed by atoms with Crippen molar-refractivity contribution in [3.05, 3.63) is 15.6 Å². The molecule has 0 aromatic carbocycles. The number of aromatic nitrogens is 1. The molecule has 1 saturated heterocycles. The van der Waals surface area contributed by atoms with Crippen LogP contribution in [0.5, 0.6) is 0 Å². The van der Waals surface area contributed by atoms with E-state index in [9.17, 15) is 0 Å². The minimum atomic E-state index is 0. The number of rotatable bonds is 4. The predicted molar refractivity (Wildman–Crippen MR) is 85.5 cm³/mol. The Morgan fingerprint density at radius 2 is 2.16 bits per heavy atom. The number of nitrogens with one attached hydrogen (secondary N) is 1. The van der Waals surface area contributed by atoms with Crippen molar-refractivity contribution in [2.75, 3.05) is 26.7 Å². The molecule has 110 valence electrons. The van der Waals surface area contributed by atoms with Gasteiger partial charge < -0.3 is 5.32 Å². The molecule has 1 aromatic heterocycles. The van der Waals surface area contributed by atoms with Gasteiger partial charge >= 0.3 is 0 Å². The fraction of sp³-hybridized carbons (Fsp3) is 0.786. The third kappa shape index (κ3) is 3.91. The van der Waals surface area contributed by atoms with Gasteiger partial charge in [-0.25, -0.2) is 4.98 Å². The molecule has 3 nitrogen and oxygen atoms in total. The molecule has 0 aliphatic carbocycles. The van der Waals surface area contributed by atoms with Crippen molar-refractivity contribution >= 4 is 23.7 Å². The van der Waals surface area contributed by atoms with Crippen LogP contribution in [-0.4, -0.2) is 36.6 Å². The van der Waals surface area contributed by atoms with Gasteiger partial charge in [-0.05, 0) is 46.2 Å². The highest BCUT2D eigenvalue weighted by Gasteiger charge is 2.31. The molecule has 1 aromatic rings. The van der Waals surface area contributed by atoms with E-state index in [0.717, 1.165) is 19.6 Å². The van der Waals surface area contributed by atoms with Gasteiger partial charge in [-0.15, -0.1) is 23.7 Å². The van der Waals surface area contributed by atoms with E-state index in [-0.39, 0.29) is 12.4 Å². The van der Waals surface area contributed by atoms with Crippen LogP contribution in [0.15, 0.2) is 0 Å². The summed E-state index contributed by atoms with van der Waals surface area (Å²) in [5, 5.41) is 4.65. The molecule has 0 bridgehead atoms. The first-order chi connectivity index (χ1) is 8.41. The molecule has 0 amide bonds. The van der Waals surface area contributed by atoms with Crippen LogP contribution in [0.25, 0.3) is 0 Å². The molecular formula is C14H26ClN3S. The summed E-state index contributed by atoms with van der Waals surface area (Å²) >= 11 is 1.84. The van der Waals surface area contributed by atoms with Crippen LogP contribution in [0.2, 0.25) is 0 Å². The van der Waals surface area contributed by atoms with Crippen LogP contribution >= 0.6 is 23.7 Å². The Hall–Kier alpha value is -0.160. The number of halogens is 1. The lowest BCUT2D eigenvalue weighted by atomic mass is 9.89. The lowest BCUT2D eigenvalue weighted by molar-refractivity contribution is 0.170. The molecule has 1 fully saturated rings. The molecule has 0 saturated carbocycles. The van der Waals surface area contributed by atoms with E-state index in [1.54, 1.807) is 0 Å². The Kier molecular flexibility index (Phi) is 5.80. The van der Waals surface area contributed by atoms with Crippen LogP contribution in [-0.2, 0) is 0 Å². The summed E-state index contributed by atoms with van der Waals surface area (Å²) in [4.78, 5) is 8.44. The summed E-state index contributed by atoms with van der Waals surface area (Å²) in [5.41, 5.74) is 1.63. The van der Waals surface area contributed by atoms with E-state index in [0.29, 0.717) is 11.5 Å². The second-order valence-electron chi connectivity index (χ2n) is 6.01. The molecule has 1 aliphatic rings. The van der Waals surface area contributed by atoms with E-state index in [2.05, 4.69) is 49.9 Å². The largest absolute Gasteiger partial charge is 0.316 e. The summed E-state index contributed by atoms with van der Waals surface area (Å²) in [6.45, 7) is 12.4. The number of nitrogens with zero attached hydrogens (tertiary/aromatic N) is 2. The summed E-state index contributed by atoms with van der Waals surface area (Å²) < 4.78 is 0. The quantitative estimate of drug-likeness (QED) is 0.926. The van der Waals surface area contributed by atoms with Gasteiger partial charge in [0.15, 0.2) is 0 Å². The molecule has 1 N–H and O–H groups in total. The highest BCUT2D eigenvalue weighted by molar-refractivity contribution is 7.11. The molecule has 2 unspecified atom stereocenters. The number of hydrogen-bond acceptors (Lipinski definition) is 4. The Morgan fingerprint density at radius 3 is 2.63 bits per heavy atom. The monoisotopic (exact) mass is 303 g/mol. The van der Waals surface area contributed by atoms with Crippen molar-refractivity contribution in [3.63, 3.8) is 0 Å². The van der Waals surface area contributed by atoms with Gasteiger partial charge in [0.2, 0.25) is 0 Å². The zero-order chi connectivity index (χ0) is 13.3. The minimum Gasteiger partial charge on any atom is -0.316 e. The van der Waals surface area contributed by atoms with Crippen LogP contribution in [0.4, 0.5) is 0 Å². The van der Waals surface area contributed by atoms with Crippen molar-refractivity contribution < 1.29 is 0 Å². The summed E-state index contributed by atoms with van der Waals surface area (Å²) in [6, 6.07) is 0.466. The van der Waals surface area contributed by atoms with Gasteiger partial charge in [-0.3, -0.25) is 4.90 Å². The number of hydrogen-bond donors (Lipinski definition) is 1. The maximum atomic E-state index is 4.54. The normalized spacial score (nSPS) is 24.5. The summed E-state index contributed by atoms with van der Waals surface area (Å²) in [7, 11) is 2.24. The maximum Gasteiger partial charge on any atom is 0.0900 e. The second-order valence-corrected chi connectivity index (χ2v) is 7.25. The Balaban J connectivity index is 0.00000180. The van der Waals surface area contributed by atoms with Crippen LogP contribution in [0.3, 0.4) is 0 Å². The summed E-state index contributed by atoms with van der Waals surface area (Å²) in [6.07, 6.45) is 1.28. The van der Waals surface area contributed by atoms with Gasteiger partial charge in [0.25, 0.3) is 0 Å². The molecule has 5 heteroatoms.